The number of nitrogens with zero attached hydrogens (tertiary/aromatic N) is 2. The SMILES string of the molecule is CCOc1cccc(NCC(=O)NN=Cc2ccncc2)c1. The summed E-state index contributed by atoms with van der Waals surface area (Å²) >= 11 is 0. The fourth-order valence-electron chi connectivity index (χ4n) is 1.71. The molecule has 0 fully saturated rings. The minimum atomic E-state index is -0.230. The van der Waals surface area contributed by atoms with E-state index < -0.39 is 0 Å². The number of carbonyl (C=O) groups excluding carboxylic acids is 1. The van der Waals surface area contributed by atoms with Gasteiger partial charge in [-0.2, -0.15) is 5.10 Å². The number of anilines is 1. The molecule has 0 aliphatic carbocycles. The number of aromatic nitrogens is 1. The minimum Gasteiger partial charge on any atom is -0.494 e. The summed E-state index contributed by atoms with van der Waals surface area (Å²) in [4.78, 5) is 15.6. The lowest BCUT2D eigenvalue weighted by molar-refractivity contribution is -0.119. The van der Waals surface area contributed by atoms with Crippen LogP contribution in [0.5, 0.6) is 5.75 Å². The van der Waals surface area contributed by atoms with Crippen LogP contribution in [0.25, 0.3) is 0 Å². The van der Waals surface area contributed by atoms with Gasteiger partial charge in [-0.05, 0) is 36.8 Å². The average molecular weight is 298 g/mol. The third-order valence-electron chi connectivity index (χ3n) is 2.71. The van der Waals surface area contributed by atoms with Crippen LogP contribution >= 0.6 is 0 Å². The molecule has 6 heteroatoms. The van der Waals surface area contributed by atoms with Crippen LogP contribution in [0.2, 0.25) is 0 Å². The van der Waals surface area contributed by atoms with Crippen molar-refractivity contribution in [1.29, 1.82) is 0 Å². The van der Waals surface area contributed by atoms with Crippen molar-refractivity contribution >= 4 is 17.8 Å². The molecular weight excluding hydrogens is 280 g/mol. The van der Waals surface area contributed by atoms with E-state index in [-0.39, 0.29) is 12.5 Å². The van der Waals surface area contributed by atoms with E-state index in [4.69, 9.17) is 4.74 Å². The van der Waals surface area contributed by atoms with Crippen molar-refractivity contribution in [2.24, 2.45) is 5.10 Å². The molecule has 22 heavy (non-hydrogen) atoms. The average Bonchev–Trinajstić information content (AvgIpc) is 2.55. The van der Waals surface area contributed by atoms with Crippen LogP contribution in [0, 0.1) is 0 Å². The Labute approximate surface area is 129 Å². The number of rotatable bonds is 7. The van der Waals surface area contributed by atoms with Crippen molar-refractivity contribution in [2.45, 2.75) is 6.92 Å². The maximum absolute atomic E-state index is 11.7. The molecule has 0 aliphatic heterocycles. The second kappa shape index (κ2) is 8.41. The highest BCUT2D eigenvalue weighted by Crippen LogP contribution is 2.16. The highest BCUT2D eigenvalue weighted by Gasteiger charge is 2.00. The van der Waals surface area contributed by atoms with Crippen molar-refractivity contribution in [1.82, 2.24) is 10.4 Å². The van der Waals surface area contributed by atoms with E-state index in [1.165, 1.54) is 0 Å². The Morgan fingerprint density at radius 1 is 1.32 bits per heavy atom. The van der Waals surface area contributed by atoms with Crippen LogP contribution < -0.4 is 15.5 Å². The number of amides is 1. The molecule has 6 nitrogen and oxygen atoms in total. The fraction of sp³-hybridized carbons (Fsp3) is 0.188. The highest BCUT2D eigenvalue weighted by atomic mass is 16.5. The van der Waals surface area contributed by atoms with Gasteiger partial charge < -0.3 is 10.1 Å². The van der Waals surface area contributed by atoms with Crippen LogP contribution in [-0.4, -0.2) is 30.3 Å². The molecule has 1 heterocycles. The van der Waals surface area contributed by atoms with Crippen molar-refractivity contribution in [3.63, 3.8) is 0 Å². The van der Waals surface area contributed by atoms with E-state index in [0.717, 1.165) is 17.0 Å². The number of hydrazone groups is 1. The molecular formula is C16H18N4O2. The van der Waals surface area contributed by atoms with Crippen LogP contribution in [0.1, 0.15) is 12.5 Å². The van der Waals surface area contributed by atoms with E-state index in [0.29, 0.717) is 6.61 Å². The third-order valence-corrected chi connectivity index (χ3v) is 2.71. The normalized spacial score (nSPS) is 10.4. The molecule has 0 bridgehead atoms. The van der Waals surface area contributed by atoms with Crippen LogP contribution in [0.4, 0.5) is 5.69 Å². The van der Waals surface area contributed by atoms with Gasteiger partial charge in [-0.1, -0.05) is 6.07 Å². The molecule has 2 N–H and O–H groups in total. The largest absolute Gasteiger partial charge is 0.494 e. The second-order valence-corrected chi connectivity index (χ2v) is 4.39. The Bertz CT molecular complexity index is 629. The molecule has 0 saturated heterocycles. The summed E-state index contributed by atoms with van der Waals surface area (Å²) < 4.78 is 5.40. The van der Waals surface area contributed by atoms with Gasteiger partial charge in [0.25, 0.3) is 5.91 Å². The van der Waals surface area contributed by atoms with Crippen LogP contribution in [0.15, 0.2) is 53.9 Å². The first-order valence-corrected chi connectivity index (χ1v) is 6.96. The molecule has 1 aromatic carbocycles. The summed E-state index contributed by atoms with van der Waals surface area (Å²) in [7, 11) is 0. The number of nitrogens with one attached hydrogen (secondary N) is 2. The van der Waals surface area contributed by atoms with E-state index in [1.54, 1.807) is 30.7 Å². The molecule has 0 atom stereocenters. The number of hydrogen-bond donors (Lipinski definition) is 2. The van der Waals surface area contributed by atoms with E-state index >= 15 is 0 Å². The molecule has 0 radical (unpaired) electrons. The zero-order chi connectivity index (χ0) is 15.6. The van der Waals surface area contributed by atoms with Gasteiger partial charge >= 0.3 is 0 Å². The predicted octanol–water partition coefficient (Wildman–Crippen LogP) is 2.04. The standard InChI is InChI=1S/C16H18N4O2/c1-2-22-15-5-3-4-14(10-15)18-12-16(21)20-19-11-13-6-8-17-9-7-13/h3-11,18H,2,12H2,1H3,(H,20,21). The number of ether oxygens (including phenoxy) is 1. The Morgan fingerprint density at radius 3 is 2.91 bits per heavy atom. The van der Waals surface area contributed by atoms with Crippen molar-refractivity contribution in [2.75, 3.05) is 18.5 Å². The summed E-state index contributed by atoms with van der Waals surface area (Å²) in [5.74, 6) is 0.538. The molecule has 2 rings (SSSR count). The maximum atomic E-state index is 11.7. The second-order valence-electron chi connectivity index (χ2n) is 4.39. The predicted molar refractivity (Wildman–Crippen MR) is 86.1 cm³/mol. The number of hydrogen-bond acceptors (Lipinski definition) is 5. The monoisotopic (exact) mass is 298 g/mol. The summed E-state index contributed by atoms with van der Waals surface area (Å²) in [5.41, 5.74) is 4.14. The molecule has 0 aliphatic rings. The minimum absolute atomic E-state index is 0.128. The van der Waals surface area contributed by atoms with E-state index in [2.05, 4.69) is 20.8 Å². The van der Waals surface area contributed by atoms with Crippen molar-refractivity contribution in [3.8, 4) is 5.75 Å². The lowest BCUT2D eigenvalue weighted by atomic mass is 10.3. The summed E-state index contributed by atoms with van der Waals surface area (Å²) in [5, 5.41) is 6.90. The number of pyridine rings is 1. The smallest absolute Gasteiger partial charge is 0.259 e. The Kier molecular flexibility index (Phi) is 5.92. The molecule has 2 aromatic rings. The molecule has 0 saturated carbocycles. The summed E-state index contributed by atoms with van der Waals surface area (Å²) in [6.07, 6.45) is 4.89. The number of benzene rings is 1. The Balaban J connectivity index is 1.78. The van der Waals surface area contributed by atoms with Gasteiger partial charge in [0.1, 0.15) is 5.75 Å². The first-order valence-electron chi connectivity index (χ1n) is 6.96. The quantitative estimate of drug-likeness (QED) is 0.606. The molecule has 1 amide bonds. The lowest BCUT2D eigenvalue weighted by Crippen LogP contribution is -2.25. The fourth-order valence-corrected chi connectivity index (χ4v) is 1.71. The van der Waals surface area contributed by atoms with Gasteiger partial charge in [0.2, 0.25) is 0 Å². The molecule has 0 spiro atoms. The Morgan fingerprint density at radius 2 is 2.14 bits per heavy atom. The van der Waals surface area contributed by atoms with Gasteiger partial charge in [0.05, 0.1) is 19.4 Å². The zero-order valence-corrected chi connectivity index (χ0v) is 12.3. The van der Waals surface area contributed by atoms with Crippen molar-refractivity contribution in [3.05, 3.63) is 54.4 Å². The Hall–Kier alpha value is -2.89. The third kappa shape index (κ3) is 5.24. The number of carbonyl (C=O) groups is 1. The van der Waals surface area contributed by atoms with Gasteiger partial charge in [-0.3, -0.25) is 9.78 Å². The van der Waals surface area contributed by atoms with Gasteiger partial charge in [-0.25, -0.2) is 5.43 Å². The van der Waals surface area contributed by atoms with Crippen LogP contribution in [-0.2, 0) is 4.79 Å². The highest BCUT2D eigenvalue weighted by molar-refractivity contribution is 5.84. The van der Waals surface area contributed by atoms with Gasteiger partial charge in [0, 0.05) is 24.1 Å². The van der Waals surface area contributed by atoms with Gasteiger partial charge in [-0.15, -0.1) is 0 Å². The van der Waals surface area contributed by atoms with Crippen LogP contribution in [0.3, 0.4) is 0 Å². The molecule has 114 valence electrons. The van der Waals surface area contributed by atoms with E-state index in [9.17, 15) is 4.79 Å². The maximum Gasteiger partial charge on any atom is 0.259 e. The zero-order valence-electron chi connectivity index (χ0n) is 12.3. The van der Waals surface area contributed by atoms with E-state index in [1.807, 2.05) is 31.2 Å². The molecule has 1 aromatic heterocycles. The topological polar surface area (TPSA) is 75.6 Å². The summed E-state index contributed by atoms with van der Waals surface area (Å²) in [6, 6.07) is 11.0. The first-order chi connectivity index (χ1) is 10.8. The lowest BCUT2D eigenvalue weighted by Gasteiger charge is -2.08. The summed E-state index contributed by atoms with van der Waals surface area (Å²) in [6.45, 7) is 2.66. The first kappa shape index (κ1) is 15.5. The molecule has 0 unspecified atom stereocenters. The van der Waals surface area contributed by atoms with Crippen molar-refractivity contribution < 1.29 is 9.53 Å². The van der Waals surface area contributed by atoms with Gasteiger partial charge in [0.15, 0.2) is 0 Å².